The summed E-state index contributed by atoms with van der Waals surface area (Å²) in [7, 11) is 1.49. The van der Waals surface area contributed by atoms with Gasteiger partial charge in [-0.1, -0.05) is 24.8 Å². The molecule has 0 aliphatic heterocycles. The number of hydrogen-bond acceptors (Lipinski definition) is 3. The monoisotopic (exact) mass is 350 g/mol. The fourth-order valence-electron chi connectivity index (χ4n) is 2.96. The average molecular weight is 350 g/mol. The highest BCUT2D eigenvalue weighted by Gasteiger charge is 2.24. The number of H-pyrrole nitrogens is 1. The lowest BCUT2D eigenvalue weighted by Gasteiger charge is -2.02. The van der Waals surface area contributed by atoms with Crippen molar-refractivity contribution >= 4 is 11.9 Å². The third kappa shape index (κ3) is 3.28. The highest BCUT2D eigenvalue weighted by molar-refractivity contribution is 6.16. The summed E-state index contributed by atoms with van der Waals surface area (Å²) in [5, 5.41) is 7.00. The lowest BCUT2D eigenvalue weighted by Crippen LogP contribution is -1.96. The van der Waals surface area contributed by atoms with Crippen LogP contribution in [0.25, 0.3) is 17.3 Å². The molecule has 1 aliphatic rings. The number of carbonyl (C=O) groups excluding carboxylic acids is 1. The van der Waals surface area contributed by atoms with Gasteiger partial charge in [-0.25, -0.2) is 4.39 Å². The molecule has 1 heterocycles. The number of allylic oxidation sites excluding steroid dienone is 6. The Bertz CT molecular complexity index is 964. The summed E-state index contributed by atoms with van der Waals surface area (Å²) >= 11 is 0. The van der Waals surface area contributed by atoms with Crippen LogP contribution in [0.1, 0.15) is 19.0 Å². The van der Waals surface area contributed by atoms with E-state index in [1.54, 1.807) is 30.4 Å². The summed E-state index contributed by atoms with van der Waals surface area (Å²) in [5.41, 5.74) is 3.69. The highest BCUT2D eigenvalue weighted by atomic mass is 19.1. The number of benzene rings is 1. The smallest absolute Gasteiger partial charge is 0.189 e. The van der Waals surface area contributed by atoms with Crippen molar-refractivity contribution in [3.8, 4) is 17.0 Å². The Kier molecular flexibility index (Phi) is 4.98. The first-order valence-corrected chi connectivity index (χ1v) is 8.20. The molecule has 0 fully saturated rings. The van der Waals surface area contributed by atoms with Crippen LogP contribution in [0.5, 0.6) is 5.75 Å². The van der Waals surface area contributed by atoms with Gasteiger partial charge in [0.25, 0.3) is 0 Å². The van der Waals surface area contributed by atoms with E-state index < -0.39 is 5.82 Å². The largest absolute Gasteiger partial charge is 0.497 e. The van der Waals surface area contributed by atoms with Gasteiger partial charge in [-0.3, -0.25) is 9.89 Å². The summed E-state index contributed by atoms with van der Waals surface area (Å²) in [6.45, 7) is 5.63. The molecule has 0 radical (unpaired) electrons. The van der Waals surface area contributed by atoms with Crippen LogP contribution in [0.15, 0.2) is 65.8 Å². The second kappa shape index (κ2) is 7.35. The normalized spacial score (nSPS) is 16.1. The fraction of sp³-hybridized carbons (Fsp3) is 0.143. The number of aromatic nitrogens is 2. The number of ether oxygens (including phenoxy) is 1. The van der Waals surface area contributed by atoms with Crippen molar-refractivity contribution in [2.45, 2.75) is 13.3 Å². The van der Waals surface area contributed by atoms with Gasteiger partial charge in [-0.05, 0) is 36.8 Å². The molecule has 132 valence electrons. The summed E-state index contributed by atoms with van der Waals surface area (Å²) < 4.78 is 19.2. The van der Waals surface area contributed by atoms with Crippen molar-refractivity contribution in [1.29, 1.82) is 0 Å². The van der Waals surface area contributed by atoms with E-state index in [0.29, 0.717) is 40.3 Å². The summed E-state index contributed by atoms with van der Waals surface area (Å²) in [4.78, 5) is 12.5. The second-order valence-electron chi connectivity index (χ2n) is 5.87. The van der Waals surface area contributed by atoms with E-state index in [-0.39, 0.29) is 5.78 Å². The minimum atomic E-state index is -0.419. The van der Waals surface area contributed by atoms with E-state index in [4.69, 9.17) is 4.74 Å². The van der Waals surface area contributed by atoms with E-state index in [2.05, 4.69) is 16.8 Å². The second-order valence-corrected chi connectivity index (χ2v) is 5.87. The van der Waals surface area contributed by atoms with Gasteiger partial charge in [0.15, 0.2) is 5.78 Å². The lowest BCUT2D eigenvalue weighted by atomic mass is 10.1. The zero-order valence-corrected chi connectivity index (χ0v) is 14.7. The molecule has 26 heavy (non-hydrogen) atoms. The molecule has 0 atom stereocenters. The number of ketones is 1. The summed E-state index contributed by atoms with van der Waals surface area (Å²) in [5.74, 6) is -0.0157. The van der Waals surface area contributed by atoms with E-state index in [1.807, 2.05) is 19.1 Å². The molecule has 3 rings (SSSR count). The van der Waals surface area contributed by atoms with Crippen LogP contribution in [0.4, 0.5) is 4.39 Å². The molecule has 0 saturated carbocycles. The fourth-order valence-corrected chi connectivity index (χ4v) is 2.96. The van der Waals surface area contributed by atoms with E-state index in [9.17, 15) is 9.18 Å². The van der Waals surface area contributed by atoms with Gasteiger partial charge < -0.3 is 4.74 Å². The number of nitrogens with one attached hydrogen (secondary N) is 1. The third-order valence-corrected chi connectivity index (χ3v) is 4.21. The zero-order chi connectivity index (χ0) is 18.7. The van der Waals surface area contributed by atoms with Gasteiger partial charge in [0.05, 0.1) is 18.5 Å². The predicted octanol–water partition coefficient (Wildman–Crippen LogP) is 4.64. The number of nitrogens with zero attached hydrogens (tertiary/aromatic N) is 1. The van der Waals surface area contributed by atoms with Crippen molar-refractivity contribution in [3.05, 3.63) is 77.3 Å². The number of methoxy groups -OCH3 is 1. The van der Waals surface area contributed by atoms with Crippen LogP contribution in [0, 0.1) is 5.82 Å². The molecule has 2 aromatic rings. The molecule has 0 bridgehead atoms. The summed E-state index contributed by atoms with van der Waals surface area (Å²) in [6, 6.07) is 6.32. The van der Waals surface area contributed by atoms with Crippen molar-refractivity contribution in [1.82, 2.24) is 10.2 Å². The highest BCUT2D eigenvalue weighted by Crippen LogP contribution is 2.31. The van der Waals surface area contributed by atoms with E-state index in [0.717, 1.165) is 5.57 Å². The van der Waals surface area contributed by atoms with Crippen LogP contribution < -0.4 is 4.74 Å². The van der Waals surface area contributed by atoms with E-state index in [1.165, 1.54) is 13.2 Å². The van der Waals surface area contributed by atoms with Crippen LogP contribution in [-0.4, -0.2) is 23.1 Å². The quantitative estimate of drug-likeness (QED) is 0.799. The zero-order valence-electron chi connectivity index (χ0n) is 14.7. The Hall–Kier alpha value is -3.21. The molecular weight excluding hydrogens is 331 g/mol. The number of hydrogen-bond donors (Lipinski definition) is 1. The number of rotatable bonds is 5. The standard InChI is InChI=1S/C21H19FN2O2/c1-4-6-13-9-14(21(25)17(13)5-2)10-15-11-20(24-23-15)18-8-7-16(26-3)12-19(18)22/h4-8,10-12H,2,9H2,1,3H3,(H,23,24)/b6-4-,14-10+. The molecule has 4 nitrogen and oxygen atoms in total. The Labute approximate surface area is 151 Å². The molecule has 1 aliphatic carbocycles. The van der Waals surface area contributed by atoms with Gasteiger partial charge in [0.1, 0.15) is 11.6 Å². The minimum Gasteiger partial charge on any atom is -0.497 e. The number of carbonyl (C=O) groups is 1. The third-order valence-electron chi connectivity index (χ3n) is 4.21. The maximum atomic E-state index is 14.2. The maximum absolute atomic E-state index is 14.2. The number of Topliss-reactive ketones (excluding diaryl/α,β-unsaturated/α-hetero) is 1. The minimum absolute atomic E-state index is 0.0418. The Morgan fingerprint density at radius 3 is 2.81 bits per heavy atom. The van der Waals surface area contributed by atoms with E-state index >= 15 is 0 Å². The molecule has 1 aromatic heterocycles. The van der Waals surface area contributed by atoms with Crippen molar-refractivity contribution < 1.29 is 13.9 Å². The van der Waals surface area contributed by atoms with Gasteiger partial charge in [0.2, 0.25) is 0 Å². The average Bonchev–Trinajstić information content (AvgIpc) is 3.20. The molecule has 0 spiro atoms. The lowest BCUT2D eigenvalue weighted by molar-refractivity contribution is -0.111. The van der Waals surface area contributed by atoms with Crippen LogP contribution in [0.2, 0.25) is 0 Å². The topological polar surface area (TPSA) is 55.0 Å². The Morgan fingerprint density at radius 2 is 2.15 bits per heavy atom. The Balaban J connectivity index is 1.89. The van der Waals surface area contributed by atoms with Crippen LogP contribution in [-0.2, 0) is 4.79 Å². The van der Waals surface area contributed by atoms with Crippen LogP contribution >= 0.6 is 0 Å². The first kappa shape index (κ1) is 17.6. The molecule has 1 N–H and O–H groups in total. The SMILES string of the molecule is C=CC1=C(/C=C\C)C/C(=C\c2cc(-c3ccc(OC)cc3F)n[nH]2)C1=O. The number of halogens is 1. The predicted molar refractivity (Wildman–Crippen MR) is 100 cm³/mol. The molecular formula is C21H19FN2O2. The van der Waals surface area contributed by atoms with Gasteiger partial charge >= 0.3 is 0 Å². The molecule has 0 amide bonds. The molecule has 1 aromatic carbocycles. The Morgan fingerprint density at radius 1 is 1.35 bits per heavy atom. The molecule has 0 unspecified atom stereocenters. The van der Waals surface area contributed by atoms with Gasteiger partial charge in [-0.2, -0.15) is 5.10 Å². The van der Waals surface area contributed by atoms with Gasteiger partial charge in [-0.15, -0.1) is 0 Å². The first-order valence-electron chi connectivity index (χ1n) is 8.20. The van der Waals surface area contributed by atoms with Crippen molar-refractivity contribution in [3.63, 3.8) is 0 Å². The van der Waals surface area contributed by atoms with Gasteiger partial charge in [0, 0.05) is 29.2 Å². The van der Waals surface area contributed by atoms with Crippen molar-refractivity contribution in [2.24, 2.45) is 0 Å². The maximum Gasteiger partial charge on any atom is 0.189 e. The van der Waals surface area contributed by atoms with Crippen LogP contribution in [0.3, 0.4) is 0 Å². The summed E-state index contributed by atoms with van der Waals surface area (Å²) in [6.07, 6.45) is 7.69. The molecule has 0 saturated heterocycles. The first-order chi connectivity index (χ1) is 12.6. The molecule has 5 heteroatoms. The number of aromatic amines is 1. The van der Waals surface area contributed by atoms with Crippen molar-refractivity contribution in [2.75, 3.05) is 7.11 Å².